The number of hydrazine groups is 1. The smallest absolute Gasteiger partial charge is 0.323 e. The highest BCUT2D eigenvalue weighted by Crippen LogP contribution is 2.36. The van der Waals surface area contributed by atoms with Crippen molar-refractivity contribution in [1.82, 2.24) is 0 Å². The van der Waals surface area contributed by atoms with Crippen molar-refractivity contribution >= 4 is 5.69 Å². The van der Waals surface area contributed by atoms with E-state index in [1.54, 1.807) is 13.0 Å². The minimum atomic E-state index is -4.37. The number of aryl methyl sites for hydroxylation is 1. The van der Waals surface area contributed by atoms with Crippen LogP contribution in [0.25, 0.3) is 0 Å². The molecule has 0 amide bonds. The number of hydrogen-bond acceptors (Lipinski definition) is 2. The first kappa shape index (κ1) is 10.8. The number of para-hydroxylation sites is 1. The summed E-state index contributed by atoms with van der Waals surface area (Å²) >= 11 is 0. The van der Waals surface area contributed by atoms with Crippen LogP contribution in [0, 0.1) is 0 Å². The second kappa shape index (κ2) is 3.88. The maximum atomic E-state index is 12.5. The van der Waals surface area contributed by atoms with Crippen molar-refractivity contribution in [2.45, 2.75) is 19.5 Å². The summed E-state index contributed by atoms with van der Waals surface area (Å²) in [5.41, 5.74) is 1.90. The number of rotatable bonds is 2. The third-order valence-electron chi connectivity index (χ3n) is 1.98. The Balaban J connectivity index is 3.29. The second-order valence-corrected chi connectivity index (χ2v) is 2.84. The van der Waals surface area contributed by atoms with Crippen LogP contribution < -0.4 is 11.3 Å². The van der Waals surface area contributed by atoms with Gasteiger partial charge in [-0.05, 0) is 18.1 Å². The summed E-state index contributed by atoms with van der Waals surface area (Å²) in [5, 5.41) is 0. The minimum absolute atomic E-state index is 0.0394. The molecule has 1 aromatic rings. The van der Waals surface area contributed by atoms with Gasteiger partial charge in [0, 0.05) is 0 Å². The summed E-state index contributed by atoms with van der Waals surface area (Å²) in [6.45, 7) is 1.77. The minimum Gasteiger partial charge on any atom is -0.323 e. The molecule has 5 heteroatoms. The highest BCUT2D eigenvalue weighted by Gasteiger charge is 2.33. The van der Waals surface area contributed by atoms with Crippen LogP contribution in [0.1, 0.15) is 18.1 Å². The van der Waals surface area contributed by atoms with Crippen LogP contribution >= 0.6 is 0 Å². The van der Waals surface area contributed by atoms with Crippen LogP contribution in [0.4, 0.5) is 18.9 Å². The van der Waals surface area contributed by atoms with Gasteiger partial charge in [-0.25, -0.2) is 0 Å². The van der Waals surface area contributed by atoms with Gasteiger partial charge in [-0.3, -0.25) is 5.84 Å². The molecule has 3 N–H and O–H groups in total. The first-order valence-electron chi connectivity index (χ1n) is 4.16. The van der Waals surface area contributed by atoms with Gasteiger partial charge in [0.15, 0.2) is 0 Å². The van der Waals surface area contributed by atoms with Crippen LogP contribution in [-0.4, -0.2) is 0 Å². The molecule has 14 heavy (non-hydrogen) atoms. The zero-order valence-electron chi connectivity index (χ0n) is 7.65. The van der Waals surface area contributed by atoms with Crippen LogP contribution in [-0.2, 0) is 12.6 Å². The van der Waals surface area contributed by atoms with E-state index in [1.807, 2.05) is 0 Å². The van der Waals surface area contributed by atoms with Gasteiger partial charge in [-0.15, -0.1) is 0 Å². The zero-order valence-corrected chi connectivity index (χ0v) is 7.65. The highest BCUT2D eigenvalue weighted by atomic mass is 19.4. The number of alkyl halides is 3. The van der Waals surface area contributed by atoms with Gasteiger partial charge in [-0.2, -0.15) is 13.2 Å². The molecule has 0 aliphatic heterocycles. The first-order chi connectivity index (χ1) is 6.50. The standard InChI is InChI=1S/C9H11F3N2/c1-2-6-4-3-5-7(8(6)14-13)9(10,11)12/h3-5,14H,2,13H2,1H3. The molecule has 0 heterocycles. The lowest BCUT2D eigenvalue weighted by atomic mass is 10.1. The third kappa shape index (κ3) is 1.98. The normalized spacial score (nSPS) is 11.5. The number of nitrogen functional groups attached to an aromatic ring is 1. The van der Waals surface area contributed by atoms with E-state index in [2.05, 4.69) is 5.43 Å². The Morgan fingerprint density at radius 1 is 1.36 bits per heavy atom. The lowest BCUT2D eigenvalue weighted by molar-refractivity contribution is -0.137. The molecular formula is C9H11F3N2. The Hall–Kier alpha value is -1.23. The van der Waals surface area contributed by atoms with E-state index in [1.165, 1.54) is 6.07 Å². The molecule has 0 radical (unpaired) electrons. The predicted octanol–water partition coefficient (Wildman–Crippen LogP) is 2.55. The Morgan fingerprint density at radius 3 is 2.43 bits per heavy atom. The van der Waals surface area contributed by atoms with Crippen molar-refractivity contribution < 1.29 is 13.2 Å². The molecule has 78 valence electrons. The van der Waals surface area contributed by atoms with Crippen LogP contribution in [0.15, 0.2) is 18.2 Å². The molecule has 1 aromatic carbocycles. The zero-order chi connectivity index (χ0) is 10.8. The van der Waals surface area contributed by atoms with E-state index in [0.29, 0.717) is 12.0 Å². The summed E-state index contributed by atoms with van der Waals surface area (Å²) in [7, 11) is 0. The quantitative estimate of drug-likeness (QED) is 0.574. The van der Waals surface area contributed by atoms with E-state index in [0.717, 1.165) is 6.07 Å². The molecule has 0 aliphatic rings. The van der Waals surface area contributed by atoms with Gasteiger partial charge >= 0.3 is 6.18 Å². The van der Waals surface area contributed by atoms with E-state index >= 15 is 0 Å². The molecule has 0 aliphatic carbocycles. The maximum Gasteiger partial charge on any atom is 0.418 e. The van der Waals surface area contributed by atoms with Gasteiger partial charge in [0.25, 0.3) is 0 Å². The van der Waals surface area contributed by atoms with E-state index < -0.39 is 11.7 Å². The number of hydrogen-bond donors (Lipinski definition) is 2. The molecular weight excluding hydrogens is 193 g/mol. The average Bonchev–Trinajstić information content (AvgIpc) is 2.15. The summed E-state index contributed by atoms with van der Waals surface area (Å²) in [6.07, 6.45) is -3.86. The van der Waals surface area contributed by atoms with E-state index in [4.69, 9.17) is 5.84 Å². The monoisotopic (exact) mass is 204 g/mol. The third-order valence-corrected chi connectivity index (χ3v) is 1.98. The van der Waals surface area contributed by atoms with Crippen LogP contribution in [0.3, 0.4) is 0 Å². The first-order valence-corrected chi connectivity index (χ1v) is 4.16. The highest BCUT2D eigenvalue weighted by molar-refractivity contribution is 5.58. The molecule has 0 aromatic heterocycles. The van der Waals surface area contributed by atoms with Gasteiger partial charge in [0.05, 0.1) is 11.3 Å². The predicted molar refractivity (Wildman–Crippen MR) is 48.6 cm³/mol. The molecule has 0 fully saturated rings. The fourth-order valence-corrected chi connectivity index (χ4v) is 1.30. The Kier molecular flexibility index (Phi) is 3.00. The largest absolute Gasteiger partial charge is 0.418 e. The summed E-state index contributed by atoms with van der Waals surface area (Å²) in [4.78, 5) is 0. The van der Waals surface area contributed by atoms with Crippen LogP contribution in [0.2, 0.25) is 0 Å². The van der Waals surface area contributed by atoms with Crippen LogP contribution in [0.5, 0.6) is 0 Å². The molecule has 1 rings (SSSR count). The van der Waals surface area contributed by atoms with Gasteiger partial charge in [0.2, 0.25) is 0 Å². The number of halogens is 3. The number of nitrogens with one attached hydrogen (secondary N) is 1. The molecule has 0 saturated heterocycles. The maximum absolute atomic E-state index is 12.5. The molecule has 0 spiro atoms. The van der Waals surface area contributed by atoms with Crippen molar-refractivity contribution in [2.75, 3.05) is 5.43 Å². The number of nitrogens with two attached hydrogens (primary N) is 1. The SMILES string of the molecule is CCc1cccc(C(F)(F)F)c1NN. The molecule has 0 atom stereocenters. The average molecular weight is 204 g/mol. The van der Waals surface area contributed by atoms with Crippen molar-refractivity contribution in [3.05, 3.63) is 29.3 Å². The topological polar surface area (TPSA) is 38.0 Å². The molecule has 0 unspecified atom stereocenters. The van der Waals surface area contributed by atoms with Crippen molar-refractivity contribution in [3.8, 4) is 0 Å². The second-order valence-electron chi connectivity index (χ2n) is 2.84. The van der Waals surface area contributed by atoms with Crippen molar-refractivity contribution in [3.63, 3.8) is 0 Å². The van der Waals surface area contributed by atoms with Gasteiger partial charge < -0.3 is 5.43 Å². The summed E-state index contributed by atoms with van der Waals surface area (Å²) in [5.74, 6) is 5.07. The van der Waals surface area contributed by atoms with Gasteiger partial charge in [-0.1, -0.05) is 19.1 Å². The van der Waals surface area contributed by atoms with Crippen molar-refractivity contribution in [1.29, 1.82) is 0 Å². The molecule has 0 bridgehead atoms. The summed E-state index contributed by atoms with van der Waals surface area (Å²) in [6, 6.07) is 4.00. The number of anilines is 1. The Bertz CT molecular complexity index is 320. The van der Waals surface area contributed by atoms with E-state index in [-0.39, 0.29) is 5.69 Å². The lowest BCUT2D eigenvalue weighted by Crippen LogP contribution is -2.16. The van der Waals surface area contributed by atoms with E-state index in [9.17, 15) is 13.2 Å². The molecule has 2 nitrogen and oxygen atoms in total. The Labute approximate surface area is 79.9 Å². The van der Waals surface area contributed by atoms with Gasteiger partial charge in [0.1, 0.15) is 0 Å². The number of benzene rings is 1. The van der Waals surface area contributed by atoms with Crippen molar-refractivity contribution in [2.24, 2.45) is 5.84 Å². The lowest BCUT2D eigenvalue weighted by Gasteiger charge is -2.15. The fraction of sp³-hybridized carbons (Fsp3) is 0.333. The molecule has 0 saturated carbocycles. The summed E-state index contributed by atoms with van der Waals surface area (Å²) < 4.78 is 37.4. The Morgan fingerprint density at radius 2 is 2.00 bits per heavy atom. The fourth-order valence-electron chi connectivity index (χ4n) is 1.30.